The molecule has 0 atom stereocenters. The van der Waals surface area contributed by atoms with Crippen molar-refractivity contribution in [2.75, 3.05) is 4.90 Å². The molecule has 0 aliphatic heterocycles. The maximum Gasteiger partial charge on any atom is 0.135 e. The third kappa shape index (κ3) is 3.68. The van der Waals surface area contributed by atoms with E-state index in [1.807, 2.05) is 29.5 Å². The largest absolute Gasteiger partial charge is 0.456 e. The molecule has 0 fully saturated rings. The molecule has 42 heavy (non-hydrogen) atoms. The molecule has 3 heterocycles. The van der Waals surface area contributed by atoms with E-state index in [1.165, 1.54) is 24.9 Å². The van der Waals surface area contributed by atoms with Gasteiger partial charge in [0.15, 0.2) is 0 Å². The number of fused-ring (bicyclic) bond motifs is 8. The maximum absolute atomic E-state index is 6.15. The van der Waals surface area contributed by atoms with Crippen LogP contribution in [0.5, 0.6) is 0 Å². The van der Waals surface area contributed by atoms with Gasteiger partial charge in [0.05, 0.1) is 10.2 Å². The molecule has 9 aromatic rings. The smallest absolute Gasteiger partial charge is 0.135 e. The van der Waals surface area contributed by atoms with E-state index in [-0.39, 0.29) is 0 Å². The summed E-state index contributed by atoms with van der Waals surface area (Å²) in [5.74, 6) is 0. The van der Waals surface area contributed by atoms with Crippen LogP contribution in [-0.2, 0) is 0 Å². The van der Waals surface area contributed by atoms with Crippen LogP contribution in [0, 0.1) is 0 Å². The zero-order valence-electron chi connectivity index (χ0n) is 22.3. The number of aromatic nitrogens is 1. The van der Waals surface area contributed by atoms with Gasteiger partial charge in [-0.25, -0.2) is 4.98 Å². The van der Waals surface area contributed by atoms with Gasteiger partial charge in [0.2, 0.25) is 0 Å². The summed E-state index contributed by atoms with van der Waals surface area (Å²) in [6, 6.07) is 47.0. The van der Waals surface area contributed by atoms with Crippen molar-refractivity contribution >= 4 is 92.1 Å². The monoisotopic (exact) mass is 574 g/mol. The number of hydrogen-bond donors (Lipinski definition) is 0. The van der Waals surface area contributed by atoms with Gasteiger partial charge in [0.25, 0.3) is 0 Å². The molecule has 5 heteroatoms. The fraction of sp³-hybridized carbons (Fsp3) is 0. The Bertz CT molecular complexity index is 2420. The van der Waals surface area contributed by atoms with Crippen molar-refractivity contribution < 1.29 is 4.42 Å². The zero-order valence-corrected chi connectivity index (χ0v) is 24.0. The summed E-state index contributed by atoms with van der Waals surface area (Å²) in [6.45, 7) is 0. The van der Waals surface area contributed by atoms with E-state index < -0.39 is 0 Å². The lowest BCUT2D eigenvalue weighted by atomic mass is 10.1. The molecule has 9 rings (SSSR count). The molecular formula is C37H22N2OS2. The van der Waals surface area contributed by atoms with E-state index in [4.69, 9.17) is 9.40 Å². The average molecular weight is 575 g/mol. The topological polar surface area (TPSA) is 29.3 Å². The highest BCUT2D eigenvalue weighted by atomic mass is 32.1. The van der Waals surface area contributed by atoms with Crippen molar-refractivity contribution in [3.05, 3.63) is 133 Å². The van der Waals surface area contributed by atoms with Crippen molar-refractivity contribution in [1.29, 1.82) is 0 Å². The second-order valence-corrected chi connectivity index (χ2v) is 12.5. The van der Waals surface area contributed by atoms with Gasteiger partial charge in [0, 0.05) is 53.6 Å². The maximum atomic E-state index is 6.15. The highest BCUT2D eigenvalue weighted by molar-refractivity contribution is 7.28. The fourth-order valence-electron chi connectivity index (χ4n) is 5.96. The fourth-order valence-corrected chi connectivity index (χ4v) is 8.25. The van der Waals surface area contributed by atoms with Crippen LogP contribution in [0.2, 0.25) is 0 Å². The summed E-state index contributed by atoms with van der Waals surface area (Å²) in [5, 5.41) is 5.85. The molecule has 3 nitrogen and oxygen atoms in total. The third-order valence-corrected chi connectivity index (χ3v) is 10.2. The molecule has 6 aromatic carbocycles. The molecule has 0 aliphatic carbocycles. The molecule has 198 valence electrons. The van der Waals surface area contributed by atoms with E-state index in [9.17, 15) is 0 Å². The molecule has 0 aliphatic rings. The standard InChI is InChI=1S/C37H22N2OS2/c1-3-9-23(10-4-1)37-38-30-17-20-34-35(36(30)42-37)29-22-26(16-19-33(29)41-34)39(24-11-5-2-6-12-24)25-15-18-32-28(21-25)27-13-7-8-14-31(27)40-32/h1-22H. The summed E-state index contributed by atoms with van der Waals surface area (Å²) in [4.78, 5) is 7.36. The minimum absolute atomic E-state index is 0.897. The number of thiophene rings is 1. The molecule has 3 aromatic heterocycles. The highest BCUT2D eigenvalue weighted by Crippen LogP contribution is 2.45. The SMILES string of the molecule is c1ccc(-c2nc3ccc4sc5ccc(N(c6ccccc6)c6ccc7oc8ccccc8c7c6)cc5c4c3s2)cc1. The van der Waals surface area contributed by atoms with Gasteiger partial charge in [-0.05, 0) is 66.7 Å². The van der Waals surface area contributed by atoms with Crippen molar-refractivity contribution in [1.82, 2.24) is 4.98 Å². The Labute approximate surface area is 249 Å². The number of hydrogen-bond acceptors (Lipinski definition) is 5. The predicted octanol–water partition coefficient (Wildman–Crippen LogP) is 11.7. The number of rotatable bonds is 4. The van der Waals surface area contributed by atoms with Crippen LogP contribution in [0.3, 0.4) is 0 Å². The Hall–Kier alpha value is -4.97. The molecule has 0 unspecified atom stereocenters. The first-order chi connectivity index (χ1) is 20.8. The van der Waals surface area contributed by atoms with Crippen LogP contribution in [0.1, 0.15) is 0 Å². The average Bonchev–Trinajstić information content (AvgIpc) is 3.75. The summed E-state index contributed by atoms with van der Waals surface area (Å²) >= 11 is 3.63. The summed E-state index contributed by atoms with van der Waals surface area (Å²) < 4.78 is 9.96. The Morgan fingerprint density at radius 3 is 2.07 bits per heavy atom. The van der Waals surface area contributed by atoms with Crippen LogP contribution in [0.15, 0.2) is 138 Å². The number of furan rings is 1. The highest BCUT2D eigenvalue weighted by Gasteiger charge is 2.18. The van der Waals surface area contributed by atoms with Crippen LogP contribution in [0.4, 0.5) is 17.1 Å². The van der Waals surface area contributed by atoms with Crippen LogP contribution in [0.25, 0.3) is 62.9 Å². The number of benzene rings is 6. The van der Waals surface area contributed by atoms with Gasteiger partial charge in [-0.3, -0.25) is 0 Å². The lowest BCUT2D eigenvalue weighted by Gasteiger charge is -2.25. The van der Waals surface area contributed by atoms with Gasteiger partial charge >= 0.3 is 0 Å². The van der Waals surface area contributed by atoms with E-state index in [0.717, 1.165) is 55.1 Å². The Kier molecular flexibility index (Phi) is 5.24. The first-order valence-corrected chi connectivity index (χ1v) is 15.5. The van der Waals surface area contributed by atoms with Gasteiger partial charge in [-0.2, -0.15) is 0 Å². The number of para-hydroxylation sites is 2. The lowest BCUT2D eigenvalue weighted by molar-refractivity contribution is 0.669. The second-order valence-electron chi connectivity index (χ2n) is 10.4. The van der Waals surface area contributed by atoms with Crippen LogP contribution in [-0.4, -0.2) is 4.98 Å². The number of anilines is 3. The van der Waals surface area contributed by atoms with Crippen molar-refractivity contribution in [3.8, 4) is 10.6 Å². The second kappa shape index (κ2) is 9.28. The van der Waals surface area contributed by atoms with Gasteiger partial charge in [-0.1, -0.05) is 66.7 Å². The van der Waals surface area contributed by atoms with Crippen molar-refractivity contribution in [2.45, 2.75) is 0 Å². The summed E-state index contributed by atoms with van der Waals surface area (Å²) in [5.41, 5.74) is 7.33. The minimum atomic E-state index is 0.897. The molecule has 0 bridgehead atoms. The normalized spacial score (nSPS) is 11.8. The predicted molar refractivity (Wildman–Crippen MR) is 180 cm³/mol. The van der Waals surface area contributed by atoms with E-state index >= 15 is 0 Å². The van der Waals surface area contributed by atoms with Gasteiger partial charge < -0.3 is 9.32 Å². The van der Waals surface area contributed by atoms with E-state index in [2.05, 4.69) is 120 Å². The van der Waals surface area contributed by atoms with E-state index in [1.54, 1.807) is 11.3 Å². The first-order valence-electron chi connectivity index (χ1n) is 13.9. The third-order valence-electron chi connectivity index (χ3n) is 7.88. The summed E-state index contributed by atoms with van der Waals surface area (Å²) in [7, 11) is 0. The Morgan fingerprint density at radius 1 is 0.524 bits per heavy atom. The molecule has 0 amide bonds. The van der Waals surface area contributed by atoms with Gasteiger partial charge in [-0.15, -0.1) is 22.7 Å². The zero-order chi connectivity index (χ0) is 27.6. The number of thiazole rings is 1. The van der Waals surface area contributed by atoms with E-state index in [0.29, 0.717) is 0 Å². The minimum Gasteiger partial charge on any atom is -0.456 e. The number of nitrogens with zero attached hydrogens (tertiary/aromatic N) is 2. The molecule has 0 N–H and O–H groups in total. The first kappa shape index (κ1) is 23.7. The Balaban J connectivity index is 1.27. The lowest BCUT2D eigenvalue weighted by Crippen LogP contribution is -2.09. The summed E-state index contributed by atoms with van der Waals surface area (Å²) in [6.07, 6.45) is 0. The van der Waals surface area contributed by atoms with Crippen molar-refractivity contribution in [2.24, 2.45) is 0 Å². The molecule has 0 radical (unpaired) electrons. The molecule has 0 saturated heterocycles. The molecular weight excluding hydrogens is 553 g/mol. The van der Waals surface area contributed by atoms with Gasteiger partial charge in [0.1, 0.15) is 16.2 Å². The van der Waals surface area contributed by atoms with Crippen LogP contribution < -0.4 is 4.90 Å². The molecule has 0 spiro atoms. The molecule has 0 saturated carbocycles. The van der Waals surface area contributed by atoms with Crippen LogP contribution >= 0.6 is 22.7 Å². The quantitative estimate of drug-likeness (QED) is 0.209. The Morgan fingerprint density at radius 2 is 1.21 bits per heavy atom. The van der Waals surface area contributed by atoms with Crippen molar-refractivity contribution in [3.63, 3.8) is 0 Å².